The van der Waals surface area contributed by atoms with Crippen LogP contribution in [-0.2, 0) is 11.3 Å². The Hall–Kier alpha value is -3.56. The monoisotopic (exact) mass is 601 g/mol. The number of carbonyl (C=O) groups is 1. The predicted molar refractivity (Wildman–Crippen MR) is 173 cm³/mol. The minimum Gasteiger partial charge on any atom is -0.394 e. The van der Waals surface area contributed by atoms with Crippen LogP contribution in [0.3, 0.4) is 0 Å². The molecular formula is C35H43N3O4S. The molecule has 228 valence electrons. The molecule has 0 aliphatic heterocycles. The van der Waals surface area contributed by atoms with E-state index in [0.29, 0.717) is 12.5 Å². The maximum atomic E-state index is 13.5. The summed E-state index contributed by atoms with van der Waals surface area (Å²) >= 11 is 1.28. The molecule has 0 bridgehead atoms. The largest absolute Gasteiger partial charge is 0.394 e. The number of benzene rings is 3. The van der Waals surface area contributed by atoms with Gasteiger partial charge >= 0.3 is 4.87 Å². The van der Waals surface area contributed by atoms with Crippen molar-refractivity contribution in [1.29, 1.82) is 0 Å². The highest BCUT2D eigenvalue weighted by molar-refractivity contribution is 7.09. The Morgan fingerprint density at radius 2 is 1.47 bits per heavy atom. The van der Waals surface area contributed by atoms with Gasteiger partial charge in [0, 0.05) is 10.6 Å². The highest BCUT2D eigenvalue weighted by Crippen LogP contribution is 2.38. The number of nitrogens with two attached hydrogens (primary N) is 1. The van der Waals surface area contributed by atoms with Crippen LogP contribution < -0.4 is 15.9 Å². The molecule has 43 heavy (non-hydrogen) atoms. The molecular weight excluding hydrogens is 558 g/mol. The fraction of sp³-hybridized carbons (Fsp3) is 0.371. The molecule has 1 unspecified atom stereocenters. The van der Waals surface area contributed by atoms with Gasteiger partial charge in [-0.15, -0.1) is 0 Å². The lowest BCUT2D eigenvalue weighted by atomic mass is 9.83. The van der Waals surface area contributed by atoms with Crippen molar-refractivity contribution in [3.05, 3.63) is 127 Å². The molecule has 4 aromatic rings. The maximum absolute atomic E-state index is 13.5. The number of rotatable bonds is 10. The summed E-state index contributed by atoms with van der Waals surface area (Å²) < 4.78 is 1.81. The Kier molecular flexibility index (Phi) is 11.9. The third-order valence-electron chi connectivity index (χ3n) is 8.33. The first-order chi connectivity index (χ1) is 20.8. The van der Waals surface area contributed by atoms with Gasteiger partial charge in [-0.05, 0) is 54.9 Å². The van der Waals surface area contributed by atoms with Crippen LogP contribution in [0, 0.1) is 19.8 Å². The van der Waals surface area contributed by atoms with E-state index < -0.39 is 6.04 Å². The van der Waals surface area contributed by atoms with E-state index in [2.05, 4.69) is 5.32 Å². The molecule has 5 N–H and O–H groups in total. The van der Waals surface area contributed by atoms with E-state index in [9.17, 15) is 14.7 Å². The van der Waals surface area contributed by atoms with Crippen LogP contribution >= 0.6 is 11.3 Å². The molecule has 3 atom stereocenters. The van der Waals surface area contributed by atoms with Crippen LogP contribution in [0.5, 0.6) is 0 Å². The van der Waals surface area contributed by atoms with Gasteiger partial charge in [-0.3, -0.25) is 14.2 Å². The standard InChI is InChI=1S/C27H32N2O3S.C8H11NO/c1-18-19(2)33-27(32)29(18)16-20-12-14-23(15-13-20)25(22-10-6-7-11-22)26(31)28-24(17-30)21-8-4-3-5-9-21;9-8(6-10)7-4-2-1-3-5-7/h3-5,8-9,12-15,22,24-25,30H,6-7,10-11,16-17H2,1-2H3,(H,28,31);1-5,8,10H,6,9H2/t24-,25?;8-/m00/s1. The number of nitrogens with one attached hydrogen (secondary N) is 1. The molecule has 1 amide bonds. The number of hydrogen-bond acceptors (Lipinski definition) is 6. The van der Waals surface area contributed by atoms with Crippen molar-refractivity contribution in [2.24, 2.45) is 11.7 Å². The molecule has 1 saturated carbocycles. The zero-order chi connectivity index (χ0) is 30.8. The third-order valence-corrected chi connectivity index (χ3v) is 9.33. The number of carbonyl (C=O) groups excluding carboxylic acids is 1. The molecule has 0 spiro atoms. The van der Waals surface area contributed by atoms with Crippen LogP contribution in [0.2, 0.25) is 0 Å². The molecule has 7 nitrogen and oxygen atoms in total. The fourth-order valence-corrected chi connectivity index (χ4v) is 6.53. The van der Waals surface area contributed by atoms with Gasteiger partial charge in [-0.1, -0.05) is 109 Å². The van der Waals surface area contributed by atoms with Gasteiger partial charge in [-0.2, -0.15) is 0 Å². The van der Waals surface area contributed by atoms with Crippen molar-refractivity contribution >= 4 is 17.2 Å². The Labute approximate surface area is 258 Å². The zero-order valence-electron chi connectivity index (χ0n) is 25.0. The summed E-state index contributed by atoms with van der Waals surface area (Å²) in [6.07, 6.45) is 4.37. The average molecular weight is 602 g/mol. The molecule has 0 saturated heterocycles. The number of aliphatic hydroxyl groups is 2. The minimum absolute atomic E-state index is 0.00398. The second-order valence-corrected chi connectivity index (χ2v) is 12.4. The van der Waals surface area contributed by atoms with E-state index in [0.717, 1.165) is 58.5 Å². The SMILES string of the molecule is Cc1sc(=O)n(Cc2ccc(C(C(=O)N[C@@H](CO)c3ccccc3)C3CCCC3)cc2)c1C.N[C@@H](CO)c1ccccc1. The fourth-order valence-electron chi connectivity index (χ4n) is 5.70. The number of amides is 1. The second kappa shape index (κ2) is 15.8. The summed E-state index contributed by atoms with van der Waals surface area (Å²) in [7, 11) is 0. The van der Waals surface area contributed by atoms with Gasteiger partial charge in [0.2, 0.25) is 5.91 Å². The zero-order valence-corrected chi connectivity index (χ0v) is 25.8. The minimum atomic E-state index is -0.418. The molecule has 1 aliphatic rings. The quantitative estimate of drug-likeness (QED) is 0.195. The maximum Gasteiger partial charge on any atom is 0.307 e. The van der Waals surface area contributed by atoms with E-state index in [1.807, 2.05) is 103 Å². The normalized spacial score (nSPS) is 15.3. The summed E-state index contributed by atoms with van der Waals surface area (Å²) in [6, 6.07) is 26.6. The Balaban J connectivity index is 0.000000359. The summed E-state index contributed by atoms with van der Waals surface area (Å²) in [5.74, 6) is 0.0283. The molecule has 8 heteroatoms. The molecule has 1 aromatic heterocycles. The van der Waals surface area contributed by atoms with Gasteiger partial charge in [0.1, 0.15) is 0 Å². The number of aromatic nitrogens is 1. The van der Waals surface area contributed by atoms with Crippen molar-refractivity contribution < 1.29 is 15.0 Å². The van der Waals surface area contributed by atoms with E-state index in [-0.39, 0.29) is 36.0 Å². The number of hydrogen-bond donors (Lipinski definition) is 4. The molecule has 1 fully saturated rings. The lowest BCUT2D eigenvalue weighted by Gasteiger charge is -2.26. The highest BCUT2D eigenvalue weighted by Gasteiger charge is 2.33. The molecule has 3 aromatic carbocycles. The van der Waals surface area contributed by atoms with Crippen LogP contribution in [0.1, 0.15) is 76.5 Å². The first kappa shape index (κ1) is 32.4. The van der Waals surface area contributed by atoms with Gasteiger partial charge in [0.05, 0.1) is 37.8 Å². The van der Waals surface area contributed by atoms with E-state index in [1.54, 1.807) is 0 Å². The summed E-state index contributed by atoms with van der Waals surface area (Å²) in [6.45, 7) is 4.35. The summed E-state index contributed by atoms with van der Waals surface area (Å²) in [4.78, 5) is 26.8. The number of aryl methyl sites for hydroxylation is 1. The van der Waals surface area contributed by atoms with Gasteiger partial charge < -0.3 is 21.3 Å². The van der Waals surface area contributed by atoms with E-state index in [1.165, 1.54) is 11.3 Å². The van der Waals surface area contributed by atoms with Crippen molar-refractivity contribution in [3.63, 3.8) is 0 Å². The van der Waals surface area contributed by atoms with Crippen molar-refractivity contribution in [2.45, 2.75) is 64.1 Å². The first-order valence-corrected chi connectivity index (χ1v) is 15.8. The van der Waals surface area contributed by atoms with Gasteiger partial charge in [0.15, 0.2) is 0 Å². The van der Waals surface area contributed by atoms with Crippen molar-refractivity contribution in [1.82, 2.24) is 9.88 Å². The lowest BCUT2D eigenvalue weighted by Crippen LogP contribution is -2.37. The number of nitrogens with zero attached hydrogens (tertiary/aromatic N) is 1. The van der Waals surface area contributed by atoms with Crippen molar-refractivity contribution in [2.75, 3.05) is 13.2 Å². The van der Waals surface area contributed by atoms with E-state index in [4.69, 9.17) is 10.8 Å². The third kappa shape index (κ3) is 8.51. The Morgan fingerprint density at radius 3 is 1.98 bits per heavy atom. The van der Waals surface area contributed by atoms with Crippen molar-refractivity contribution in [3.8, 4) is 0 Å². The average Bonchev–Trinajstić information content (AvgIpc) is 3.65. The van der Waals surface area contributed by atoms with Crippen LogP contribution in [0.25, 0.3) is 0 Å². The topological polar surface area (TPSA) is 118 Å². The summed E-state index contributed by atoms with van der Waals surface area (Å²) in [5, 5.41) is 21.7. The van der Waals surface area contributed by atoms with Crippen LogP contribution in [0.15, 0.2) is 89.7 Å². The van der Waals surface area contributed by atoms with Crippen LogP contribution in [0.4, 0.5) is 0 Å². The Morgan fingerprint density at radius 1 is 0.884 bits per heavy atom. The Bertz CT molecular complexity index is 1480. The van der Waals surface area contributed by atoms with Crippen LogP contribution in [-0.4, -0.2) is 33.9 Å². The first-order valence-electron chi connectivity index (χ1n) is 15.0. The second-order valence-electron chi connectivity index (χ2n) is 11.2. The van der Waals surface area contributed by atoms with Gasteiger partial charge in [0.25, 0.3) is 0 Å². The number of thiazole rings is 1. The highest BCUT2D eigenvalue weighted by atomic mass is 32.1. The predicted octanol–water partition coefficient (Wildman–Crippen LogP) is 5.38. The molecule has 1 heterocycles. The molecule has 5 rings (SSSR count). The van der Waals surface area contributed by atoms with Gasteiger partial charge in [-0.25, -0.2) is 0 Å². The molecule has 1 aliphatic carbocycles. The summed E-state index contributed by atoms with van der Waals surface area (Å²) in [5.41, 5.74) is 10.5. The smallest absolute Gasteiger partial charge is 0.307 e. The lowest BCUT2D eigenvalue weighted by molar-refractivity contribution is -0.124. The molecule has 0 radical (unpaired) electrons. The van der Waals surface area contributed by atoms with E-state index >= 15 is 0 Å². The number of aliphatic hydroxyl groups excluding tert-OH is 2.